The van der Waals surface area contributed by atoms with E-state index >= 15 is 0 Å². The molecule has 0 fully saturated rings. The predicted molar refractivity (Wildman–Crippen MR) is 78.8 cm³/mol. The van der Waals surface area contributed by atoms with Gasteiger partial charge in [0, 0.05) is 16.7 Å². The fraction of sp³-hybridized carbons (Fsp3) is 0.200. The molecule has 0 aromatic heterocycles. The summed E-state index contributed by atoms with van der Waals surface area (Å²) < 4.78 is 1.01. The van der Waals surface area contributed by atoms with Gasteiger partial charge < -0.3 is 10.4 Å². The van der Waals surface area contributed by atoms with Crippen LogP contribution in [0.25, 0.3) is 0 Å². The minimum absolute atomic E-state index is 0.492. The van der Waals surface area contributed by atoms with Crippen molar-refractivity contribution < 1.29 is 5.11 Å². The van der Waals surface area contributed by atoms with Gasteiger partial charge in [0.05, 0.1) is 6.10 Å². The van der Waals surface area contributed by atoms with Gasteiger partial charge in [0.2, 0.25) is 0 Å². The molecule has 3 heteroatoms. The molecule has 0 heterocycles. The number of hydrogen-bond donors (Lipinski definition) is 2. The van der Waals surface area contributed by atoms with Crippen LogP contribution in [-0.4, -0.2) is 11.7 Å². The summed E-state index contributed by atoms with van der Waals surface area (Å²) in [4.78, 5) is 0. The van der Waals surface area contributed by atoms with Crippen molar-refractivity contribution in [3.63, 3.8) is 0 Å². The molecule has 1 atom stereocenters. The summed E-state index contributed by atoms with van der Waals surface area (Å²) in [5.74, 6) is 0. The van der Waals surface area contributed by atoms with E-state index in [9.17, 15) is 5.11 Å². The van der Waals surface area contributed by atoms with Crippen LogP contribution in [0, 0.1) is 6.92 Å². The molecule has 2 aromatic rings. The highest BCUT2D eigenvalue weighted by atomic mass is 79.9. The van der Waals surface area contributed by atoms with E-state index in [1.54, 1.807) is 0 Å². The summed E-state index contributed by atoms with van der Waals surface area (Å²) >= 11 is 3.49. The van der Waals surface area contributed by atoms with E-state index in [0.717, 1.165) is 15.7 Å². The fourth-order valence-corrected chi connectivity index (χ4v) is 2.16. The van der Waals surface area contributed by atoms with Gasteiger partial charge in [0.1, 0.15) is 0 Å². The summed E-state index contributed by atoms with van der Waals surface area (Å²) in [5, 5.41) is 13.3. The van der Waals surface area contributed by atoms with Crippen molar-refractivity contribution in [3.8, 4) is 0 Å². The minimum atomic E-state index is -0.501. The molecule has 2 rings (SSSR count). The van der Waals surface area contributed by atoms with Gasteiger partial charge in [-0.2, -0.15) is 0 Å². The molecule has 0 amide bonds. The molecule has 94 valence electrons. The Kier molecular flexibility index (Phi) is 4.39. The Morgan fingerprint density at radius 3 is 2.61 bits per heavy atom. The van der Waals surface area contributed by atoms with Crippen molar-refractivity contribution in [2.45, 2.75) is 13.0 Å². The zero-order chi connectivity index (χ0) is 13.0. The first-order valence-electron chi connectivity index (χ1n) is 5.90. The smallest absolute Gasteiger partial charge is 0.0962 e. The first-order valence-corrected chi connectivity index (χ1v) is 6.69. The van der Waals surface area contributed by atoms with Crippen molar-refractivity contribution in [2.24, 2.45) is 0 Å². The van der Waals surface area contributed by atoms with Crippen LogP contribution < -0.4 is 5.32 Å². The molecule has 2 N–H and O–H groups in total. The molecule has 2 aromatic carbocycles. The lowest BCUT2D eigenvalue weighted by molar-refractivity contribution is 0.191. The molecular weight excluding hydrogens is 290 g/mol. The highest BCUT2D eigenvalue weighted by molar-refractivity contribution is 9.10. The monoisotopic (exact) mass is 305 g/mol. The Morgan fingerprint density at radius 1 is 1.17 bits per heavy atom. The normalized spacial score (nSPS) is 12.2. The third-order valence-electron chi connectivity index (χ3n) is 2.79. The van der Waals surface area contributed by atoms with Crippen molar-refractivity contribution >= 4 is 21.6 Å². The third kappa shape index (κ3) is 3.34. The maximum Gasteiger partial charge on any atom is 0.0962 e. The number of halogens is 1. The number of benzene rings is 2. The first kappa shape index (κ1) is 13.1. The molecular formula is C15H16BrNO. The van der Waals surface area contributed by atoms with Crippen LogP contribution in [0.2, 0.25) is 0 Å². The Morgan fingerprint density at radius 2 is 1.89 bits per heavy atom. The number of rotatable bonds is 4. The van der Waals surface area contributed by atoms with E-state index in [1.807, 2.05) is 49.4 Å². The molecule has 0 aliphatic heterocycles. The topological polar surface area (TPSA) is 32.3 Å². The van der Waals surface area contributed by atoms with Gasteiger partial charge in [-0.05, 0) is 46.1 Å². The van der Waals surface area contributed by atoms with Crippen LogP contribution in [0.1, 0.15) is 17.2 Å². The van der Waals surface area contributed by atoms with Crippen LogP contribution in [0.4, 0.5) is 5.69 Å². The molecule has 0 bridgehead atoms. The van der Waals surface area contributed by atoms with E-state index in [0.29, 0.717) is 6.54 Å². The van der Waals surface area contributed by atoms with E-state index < -0.39 is 6.10 Å². The van der Waals surface area contributed by atoms with Gasteiger partial charge in [-0.3, -0.25) is 0 Å². The lowest BCUT2D eigenvalue weighted by Gasteiger charge is -2.14. The van der Waals surface area contributed by atoms with Crippen LogP contribution in [-0.2, 0) is 0 Å². The molecule has 0 spiro atoms. The van der Waals surface area contributed by atoms with Crippen molar-refractivity contribution in [2.75, 3.05) is 11.9 Å². The van der Waals surface area contributed by atoms with Crippen LogP contribution in [0.15, 0.2) is 53.0 Å². The predicted octanol–water partition coefficient (Wildman–Crippen LogP) is 3.90. The zero-order valence-corrected chi connectivity index (χ0v) is 11.8. The van der Waals surface area contributed by atoms with Gasteiger partial charge >= 0.3 is 0 Å². The zero-order valence-electron chi connectivity index (χ0n) is 10.2. The molecule has 2 nitrogen and oxygen atoms in total. The van der Waals surface area contributed by atoms with Gasteiger partial charge in [0.25, 0.3) is 0 Å². The quantitative estimate of drug-likeness (QED) is 0.898. The number of anilines is 1. The Hall–Kier alpha value is -1.32. The number of aliphatic hydroxyl groups is 1. The Labute approximate surface area is 116 Å². The number of aryl methyl sites for hydroxylation is 1. The highest BCUT2D eigenvalue weighted by Crippen LogP contribution is 2.24. The maximum atomic E-state index is 10.1. The van der Waals surface area contributed by atoms with E-state index in [-0.39, 0.29) is 0 Å². The van der Waals surface area contributed by atoms with Crippen molar-refractivity contribution in [1.29, 1.82) is 0 Å². The molecule has 0 radical (unpaired) electrons. The maximum absolute atomic E-state index is 10.1. The molecule has 0 aliphatic carbocycles. The average molecular weight is 306 g/mol. The molecule has 18 heavy (non-hydrogen) atoms. The second kappa shape index (κ2) is 6.03. The van der Waals surface area contributed by atoms with Gasteiger partial charge in [-0.25, -0.2) is 0 Å². The van der Waals surface area contributed by atoms with Crippen LogP contribution in [0.5, 0.6) is 0 Å². The summed E-state index contributed by atoms with van der Waals surface area (Å²) in [5.41, 5.74) is 3.12. The standard InChI is InChI=1S/C15H16BrNO/c1-11-7-8-13(16)14(9-11)17-10-15(18)12-5-3-2-4-6-12/h2-9,15,17-18H,10H2,1H3. The Balaban J connectivity index is 2.01. The van der Waals surface area contributed by atoms with Gasteiger partial charge in [-0.15, -0.1) is 0 Å². The van der Waals surface area contributed by atoms with Gasteiger partial charge in [0.15, 0.2) is 0 Å². The SMILES string of the molecule is Cc1ccc(Br)c(NCC(O)c2ccccc2)c1. The first-order chi connectivity index (χ1) is 8.66. The second-order valence-corrected chi connectivity index (χ2v) is 5.15. The van der Waals surface area contributed by atoms with Crippen molar-refractivity contribution in [1.82, 2.24) is 0 Å². The number of nitrogens with one attached hydrogen (secondary N) is 1. The van der Waals surface area contributed by atoms with Crippen LogP contribution >= 0.6 is 15.9 Å². The Bertz CT molecular complexity index is 513. The summed E-state index contributed by atoms with van der Waals surface area (Å²) in [6.45, 7) is 2.54. The largest absolute Gasteiger partial charge is 0.387 e. The van der Waals surface area contributed by atoms with Crippen LogP contribution in [0.3, 0.4) is 0 Å². The summed E-state index contributed by atoms with van der Waals surface area (Å²) in [6.07, 6.45) is -0.501. The summed E-state index contributed by atoms with van der Waals surface area (Å²) in [7, 11) is 0. The average Bonchev–Trinajstić information content (AvgIpc) is 2.40. The lowest BCUT2D eigenvalue weighted by Crippen LogP contribution is -2.12. The lowest BCUT2D eigenvalue weighted by atomic mass is 10.1. The molecule has 0 aliphatic rings. The van der Waals surface area contributed by atoms with E-state index in [4.69, 9.17) is 0 Å². The fourth-order valence-electron chi connectivity index (χ4n) is 1.77. The second-order valence-electron chi connectivity index (χ2n) is 4.29. The third-order valence-corrected chi connectivity index (χ3v) is 3.48. The minimum Gasteiger partial charge on any atom is -0.387 e. The molecule has 1 unspecified atom stereocenters. The number of hydrogen-bond acceptors (Lipinski definition) is 2. The summed E-state index contributed by atoms with van der Waals surface area (Å²) in [6, 6.07) is 15.8. The van der Waals surface area contributed by atoms with E-state index in [2.05, 4.69) is 27.3 Å². The van der Waals surface area contributed by atoms with E-state index in [1.165, 1.54) is 5.56 Å². The molecule has 0 saturated heterocycles. The number of aliphatic hydroxyl groups excluding tert-OH is 1. The highest BCUT2D eigenvalue weighted by Gasteiger charge is 2.07. The van der Waals surface area contributed by atoms with Crippen molar-refractivity contribution in [3.05, 3.63) is 64.1 Å². The molecule has 0 saturated carbocycles. The van der Waals surface area contributed by atoms with Gasteiger partial charge in [-0.1, -0.05) is 36.4 Å².